The molecule has 1 amide bonds. The Bertz CT molecular complexity index is 833. The summed E-state index contributed by atoms with van der Waals surface area (Å²) in [5.74, 6) is 0.140. The van der Waals surface area contributed by atoms with Crippen LogP contribution in [-0.4, -0.2) is 26.8 Å². The zero-order valence-corrected chi connectivity index (χ0v) is 16.5. The minimum atomic E-state index is -0.120. The van der Waals surface area contributed by atoms with Crippen LogP contribution in [0, 0.1) is 6.92 Å². The molecule has 0 aliphatic rings. The molecule has 3 aromatic rings. The van der Waals surface area contributed by atoms with Gasteiger partial charge in [-0.3, -0.25) is 4.79 Å². The Kier molecular flexibility index (Phi) is 5.82. The third-order valence-electron chi connectivity index (χ3n) is 2.76. The average molecular weight is 442 g/mol. The number of hydrogen-bond acceptors (Lipinski definition) is 8. The molecule has 0 atom stereocenters. The molecule has 1 aromatic carbocycles. The quantitative estimate of drug-likeness (QED) is 0.546. The number of thioether (sulfide) groups is 1. The summed E-state index contributed by atoms with van der Waals surface area (Å²) in [6, 6.07) is 8.03. The second-order valence-corrected chi connectivity index (χ2v) is 9.28. The minimum Gasteiger partial charge on any atom is -0.330 e. The highest BCUT2D eigenvalue weighted by Gasteiger charge is 2.10. The molecule has 0 spiro atoms. The number of thiazole rings is 1. The molecule has 24 heavy (non-hydrogen) atoms. The van der Waals surface area contributed by atoms with Crippen molar-refractivity contribution in [2.45, 2.75) is 11.3 Å². The van der Waals surface area contributed by atoms with Crippen molar-refractivity contribution in [2.75, 3.05) is 16.4 Å². The van der Waals surface area contributed by atoms with Gasteiger partial charge in [-0.25, -0.2) is 4.98 Å². The van der Waals surface area contributed by atoms with Crippen LogP contribution < -0.4 is 10.6 Å². The summed E-state index contributed by atoms with van der Waals surface area (Å²) in [5.41, 5.74) is 2.16. The van der Waals surface area contributed by atoms with Gasteiger partial charge in [-0.15, -0.1) is 10.2 Å². The number of aryl methyl sites for hydroxylation is 1. The van der Waals surface area contributed by atoms with E-state index in [1.165, 1.54) is 40.0 Å². The van der Waals surface area contributed by atoms with E-state index in [-0.39, 0.29) is 11.7 Å². The van der Waals surface area contributed by atoms with Gasteiger partial charge >= 0.3 is 0 Å². The van der Waals surface area contributed by atoms with Crippen LogP contribution in [0.2, 0.25) is 0 Å². The highest BCUT2D eigenvalue weighted by atomic mass is 79.9. The number of benzene rings is 1. The van der Waals surface area contributed by atoms with Crippen LogP contribution in [0.3, 0.4) is 0 Å². The van der Waals surface area contributed by atoms with Crippen LogP contribution in [-0.2, 0) is 4.79 Å². The summed E-state index contributed by atoms with van der Waals surface area (Å²) >= 11 is 7.44. The summed E-state index contributed by atoms with van der Waals surface area (Å²) in [6.07, 6.45) is 1.65. The first-order valence-corrected chi connectivity index (χ1v) is 10.2. The van der Waals surface area contributed by atoms with Crippen LogP contribution in [0.25, 0.3) is 0 Å². The zero-order chi connectivity index (χ0) is 16.9. The van der Waals surface area contributed by atoms with Gasteiger partial charge in [0.1, 0.15) is 0 Å². The van der Waals surface area contributed by atoms with Crippen molar-refractivity contribution in [2.24, 2.45) is 0 Å². The minimum absolute atomic E-state index is 0.120. The van der Waals surface area contributed by atoms with E-state index >= 15 is 0 Å². The third kappa shape index (κ3) is 5.00. The molecule has 0 aliphatic carbocycles. The molecule has 0 unspecified atom stereocenters. The van der Waals surface area contributed by atoms with E-state index in [4.69, 9.17) is 0 Å². The Morgan fingerprint density at radius 1 is 1.21 bits per heavy atom. The van der Waals surface area contributed by atoms with Gasteiger partial charge in [0.15, 0.2) is 9.47 Å². The van der Waals surface area contributed by atoms with Gasteiger partial charge in [0.05, 0.1) is 15.7 Å². The highest BCUT2D eigenvalue weighted by molar-refractivity contribution is 9.11. The van der Waals surface area contributed by atoms with Crippen molar-refractivity contribution in [3.8, 4) is 0 Å². The van der Waals surface area contributed by atoms with E-state index in [9.17, 15) is 4.79 Å². The number of hydrogen-bond donors (Lipinski definition) is 2. The Balaban J connectivity index is 1.50. The lowest BCUT2D eigenvalue weighted by Gasteiger charge is -2.01. The maximum absolute atomic E-state index is 11.9. The lowest BCUT2D eigenvalue weighted by molar-refractivity contribution is -0.113. The van der Waals surface area contributed by atoms with Crippen LogP contribution in [0.1, 0.15) is 5.56 Å². The summed E-state index contributed by atoms with van der Waals surface area (Å²) < 4.78 is 1.61. The van der Waals surface area contributed by atoms with E-state index < -0.39 is 0 Å². The van der Waals surface area contributed by atoms with Crippen LogP contribution >= 0.6 is 50.4 Å². The number of rotatable bonds is 6. The SMILES string of the molecule is Cc1ccc(Nc2nnc(SCC(=O)Nc3ncc(Br)s3)s2)cc1. The molecular weight excluding hydrogens is 430 g/mol. The van der Waals surface area contributed by atoms with Gasteiger partial charge in [-0.1, -0.05) is 52.1 Å². The lowest BCUT2D eigenvalue weighted by Crippen LogP contribution is -2.13. The molecule has 2 N–H and O–H groups in total. The van der Waals surface area contributed by atoms with E-state index in [1.54, 1.807) is 6.20 Å². The second kappa shape index (κ2) is 8.06. The maximum atomic E-state index is 11.9. The van der Waals surface area contributed by atoms with Crippen molar-refractivity contribution >= 4 is 72.2 Å². The fourth-order valence-electron chi connectivity index (χ4n) is 1.67. The van der Waals surface area contributed by atoms with Crippen LogP contribution in [0.15, 0.2) is 38.6 Å². The molecule has 0 radical (unpaired) electrons. The lowest BCUT2D eigenvalue weighted by atomic mass is 10.2. The molecule has 6 nitrogen and oxygen atoms in total. The van der Waals surface area contributed by atoms with E-state index in [2.05, 4.69) is 41.7 Å². The predicted molar refractivity (Wildman–Crippen MR) is 104 cm³/mol. The number of nitrogens with zero attached hydrogens (tertiary/aromatic N) is 3. The number of nitrogens with one attached hydrogen (secondary N) is 2. The van der Waals surface area contributed by atoms with Crippen LogP contribution in [0.4, 0.5) is 16.0 Å². The molecule has 0 fully saturated rings. The van der Waals surface area contributed by atoms with E-state index in [0.717, 1.165) is 13.8 Å². The Morgan fingerprint density at radius 2 is 2.00 bits per heavy atom. The summed E-state index contributed by atoms with van der Waals surface area (Å²) in [6.45, 7) is 2.04. The molecule has 0 aliphatic heterocycles. The number of carbonyl (C=O) groups is 1. The predicted octanol–water partition coefficient (Wildman–Crippen LogP) is 4.54. The Hall–Kier alpha value is -1.49. The first kappa shape index (κ1) is 17.3. The van der Waals surface area contributed by atoms with E-state index in [0.29, 0.717) is 10.3 Å². The van der Waals surface area contributed by atoms with Gasteiger partial charge in [-0.2, -0.15) is 0 Å². The molecule has 0 bridgehead atoms. The fourth-order valence-corrected chi connectivity index (χ4v) is 4.37. The second-order valence-electron chi connectivity index (χ2n) is 4.67. The number of aromatic nitrogens is 3. The molecular formula is C14H12BrN5OS3. The van der Waals surface area contributed by atoms with Gasteiger partial charge in [-0.05, 0) is 35.0 Å². The van der Waals surface area contributed by atoms with Crippen molar-refractivity contribution in [3.63, 3.8) is 0 Å². The maximum Gasteiger partial charge on any atom is 0.236 e. The van der Waals surface area contributed by atoms with Gasteiger partial charge in [0.2, 0.25) is 11.0 Å². The molecule has 10 heteroatoms. The molecule has 2 heterocycles. The largest absolute Gasteiger partial charge is 0.330 e. The normalized spacial score (nSPS) is 10.6. The number of anilines is 3. The number of amides is 1. The first-order chi connectivity index (χ1) is 11.6. The molecule has 2 aromatic heterocycles. The van der Waals surface area contributed by atoms with Crippen molar-refractivity contribution in [1.82, 2.24) is 15.2 Å². The van der Waals surface area contributed by atoms with Gasteiger partial charge < -0.3 is 10.6 Å². The van der Waals surface area contributed by atoms with Crippen molar-refractivity contribution in [1.29, 1.82) is 0 Å². The first-order valence-electron chi connectivity index (χ1n) is 6.80. The molecule has 3 rings (SSSR count). The average Bonchev–Trinajstić information content (AvgIpc) is 3.17. The highest BCUT2D eigenvalue weighted by Crippen LogP contribution is 2.28. The van der Waals surface area contributed by atoms with Crippen LogP contribution in [0.5, 0.6) is 0 Å². The summed E-state index contributed by atoms with van der Waals surface area (Å²) in [7, 11) is 0. The topological polar surface area (TPSA) is 79.8 Å². The zero-order valence-electron chi connectivity index (χ0n) is 12.4. The third-order valence-corrected chi connectivity index (χ3v) is 6.12. The smallest absolute Gasteiger partial charge is 0.236 e. The number of halogens is 1. The van der Waals surface area contributed by atoms with Gasteiger partial charge in [0.25, 0.3) is 0 Å². The fraction of sp³-hybridized carbons (Fsp3) is 0.143. The monoisotopic (exact) mass is 441 g/mol. The van der Waals surface area contributed by atoms with Crippen molar-refractivity contribution < 1.29 is 4.79 Å². The number of carbonyl (C=O) groups excluding carboxylic acids is 1. The Labute approximate surface area is 159 Å². The van der Waals surface area contributed by atoms with E-state index in [1.807, 2.05) is 31.2 Å². The van der Waals surface area contributed by atoms with Gasteiger partial charge in [0, 0.05) is 5.69 Å². The standard InChI is InChI=1S/C14H12BrN5OS3/c1-8-2-4-9(5-3-8)17-13-19-20-14(24-13)22-7-11(21)18-12-16-6-10(15)23-12/h2-6H,7H2,1H3,(H,17,19)(H,16,18,21). The van der Waals surface area contributed by atoms with Crippen molar-refractivity contribution in [3.05, 3.63) is 39.8 Å². The summed E-state index contributed by atoms with van der Waals surface area (Å²) in [5, 5.41) is 15.4. The molecule has 124 valence electrons. The molecule has 0 saturated carbocycles. The molecule has 0 saturated heterocycles. The Morgan fingerprint density at radius 3 is 2.71 bits per heavy atom. The summed E-state index contributed by atoms with van der Waals surface area (Å²) in [4.78, 5) is 15.9.